The molecule has 1 saturated heterocycles. The standard InChI is InChI=1S/C15H29NO/c1-13(17)14(2,3)12-16-10-8-15(9-11-16)6-4-5-7-15/h13,17H,4-12H2,1-3H3. The summed E-state index contributed by atoms with van der Waals surface area (Å²) in [6.07, 6.45) is 8.43. The minimum absolute atomic E-state index is 0.0280. The van der Waals surface area contributed by atoms with Crippen molar-refractivity contribution in [1.82, 2.24) is 4.90 Å². The van der Waals surface area contributed by atoms with Crippen LogP contribution in [0.1, 0.15) is 59.3 Å². The van der Waals surface area contributed by atoms with Crippen LogP contribution in [0.2, 0.25) is 0 Å². The molecule has 2 fully saturated rings. The zero-order valence-electron chi connectivity index (χ0n) is 11.8. The molecule has 1 heterocycles. The minimum Gasteiger partial charge on any atom is -0.393 e. The Morgan fingerprint density at radius 1 is 1.12 bits per heavy atom. The molecular weight excluding hydrogens is 210 g/mol. The molecule has 0 bridgehead atoms. The van der Waals surface area contributed by atoms with E-state index < -0.39 is 0 Å². The van der Waals surface area contributed by atoms with Crippen molar-refractivity contribution < 1.29 is 5.11 Å². The van der Waals surface area contributed by atoms with Crippen molar-refractivity contribution in [3.63, 3.8) is 0 Å². The van der Waals surface area contributed by atoms with E-state index in [2.05, 4.69) is 18.7 Å². The lowest BCUT2D eigenvalue weighted by atomic mass is 9.76. The summed E-state index contributed by atoms with van der Waals surface area (Å²) in [5.74, 6) is 0. The first kappa shape index (κ1) is 13.4. The molecule has 0 radical (unpaired) electrons. The van der Waals surface area contributed by atoms with Gasteiger partial charge in [-0.15, -0.1) is 0 Å². The largest absolute Gasteiger partial charge is 0.393 e. The minimum atomic E-state index is -0.218. The van der Waals surface area contributed by atoms with Gasteiger partial charge >= 0.3 is 0 Å². The molecule has 100 valence electrons. The zero-order valence-corrected chi connectivity index (χ0v) is 11.8. The third kappa shape index (κ3) is 3.03. The van der Waals surface area contributed by atoms with Gasteiger partial charge in [-0.05, 0) is 51.1 Å². The fourth-order valence-electron chi connectivity index (χ4n) is 3.52. The number of likely N-dealkylation sites (tertiary alicyclic amines) is 1. The van der Waals surface area contributed by atoms with Gasteiger partial charge in [0.1, 0.15) is 0 Å². The number of piperidine rings is 1. The van der Waals surface area contributed by atoms with E-state index in [1.807, 2.05) is 6.92 Å². The Morgan fingerprint density at radius 2 is 1.65 bits per heavy atom. The molecule has 17 heavy (non-hydrogen) atoms. The van der Waals surface area contributed by atoms with Crippen LogP contribution in [-0.4, -0.2) is 35.7 Å². The van der Waals surface area contributed by atoms with Gasteiger partial charge in [0.2, 0.25) is 0 Å². The monoisotopic (exact) mass is 239 g/mol. The maximum absolute atomic E-state index is 9.79. The predicted molar refractivity (Wildman–Crippen MR) is 72.0 cm³/mol. The molecule has 1 aliphatic heterocycles. The molecule has 2 rings (SSSR count). The van der Waals surface area contributed by atoms with Crippen LogP contribution in [0.15, 0.2) is 0 Å². The highest BCUT2D eigenvalue weighted by atomic mass is 16.3. The van der Waals surface area contributed by atoms with Crippen LogP contribution in [0.25, 0.3) is 0 Å². The van der Waals surface area contributed by atoms with E-state index in [9.17, 15) is 5.11 Å². The summed E-state index contributed by atoms with van der Waals surface area (Å²) in [7, 11) is 0. The molecule has 2 nitrogen and oxygen atoms in total. The summed E-state index contributed by atoms with van der Waals surface area (Å²) in [6.45, 7) is 9.81. The molecule has 2 heteroatoms. The highest BCUT2D eigenvalue weighted by molar-refractivity contribution is 4.91. The third-order valence-electron chi connectivity index (χ3n) is 5.34. The second-order valence-corrected chi connectivity index (χ2v) is 7.15. The fourth-order valence-corrected chi connectivity index (χ4v) is 3.52. The van der Waals surface area contributed by atoms with Gasteiger partial charge in [-0.3, -0.25) is 0 Å². The topological polar surface area (TPSA) is 23.5 Å². The molecular formula is C15H29NO. The van der Waals surface area contributed by atoms with Crippen molar-refractivity contribution in [3.05, 3.63) is 0 Å². The second-order valence-electron chi connectivity index (χ2n) is 7.15. The van der Waals surface area contributed by atoms with Crippen molar-refractivity contribution in [2.45, 2.75) is 65.4 Å². The number of aliphatic hydroxyl groups excluding tert-OH is 1. The lowest BCUT2D eigenvalue weighted by Gasteiger charge is -2.43. The third-order valence-corrected chi connectivity index (χ3v) is 5.34. The average Bonchev–Trinajstić information content (AvgIpc) is 2.70. The van der Waals surface area contributed by atoms with Gasteiger partial charge in [0.05, 0.1) is 6.10 Å². The zero-order chi connectivity index (χ0) is 12.5. The number of hydrogen-bond acceptors (Lipinski definition) is 2. The lowest BCUT2D eigenvalue weighted by molar-refractivity contribution is 0.0133. The first-order chi connectivity index (χ1) is 7.94. The second kappa shape index (κ2) is 4.89. The molecule has 1 saturated carbocycles. The Labute approximate surface area is 106 Å². The lowest BCUT2D eigenvalue weighted by Crippen LogP contribution is -2.46. The van der Waals surface area contributed by atoms with Crippen molar-refractivity contribution in [1.29, 1.82) is 0 Å². The first-order valence-corrected chi connectivity index (χ1v) is 7.34. The SMILES string of the molecule is CC(O)C(C)(C)CN1CCC2(CCCC2)CC1. The van der Waals surface area contributed by atoms with E-state index in [4.69, 9.17) is 0 Å². The van der Waals surface area contributed by atoms with Gasteiger partial charge in [0, 0.05) is 12.0 Å². The van der Waals surface area contributed by atoms with Gasteiger partial charge in [0.25, 0.3) is 0 Å². The van der Waals surface area contributed by atoms with E-state index in [0.29, 0.717) is 5.41 Å². The van der Waals surface area contributed by atoms with Crippen LogP contribution in [0.3, 0.4) is 0 Å². The summed E-state index contributed by atoms with van der Waals surface area (Å²) in [6, 6.07) is 0. The number of rotatable bonds is 3. The normalized spacial score (nSPS) is 27.5. The van der Waals surface area contributed by atoms with Gasteiger partial charge in [-0.2, -0.15) is 0 Å². The molecule has 1 aliphatic carbocycles. The Hall–Kier alpha value is -0.0800. The van der Waals surface area contributed by atoms with Crippen LogP contribution in [0, 0.1) is 10.8 Å². The predicted octanol–water partition coefficient (Wildman–Crippen LogP) is 3.05. The molecule has 1 atom stereocenters. The Kier molecular flexibility index (Phi) is 3.84. The molecule has 0 aromatic heterocycles. The summed E-state index contributed by atoms with van der Waals surface area (Å²) >= 11 is 0. The highest BCUT2D eigenvalue weighted by Gasteiger charge is 2.38. The van der Waals surface area contributed by atoms with Crippen molar-refractivity contribution in [2.75, 3.05) is 19.6 Å². The smallest absolute Gasteiger partial charge is 0.0575 e. The van der Waals surface area contributed by atoms with Crippen LogP contribution in [-0.2, 0) is 0 Å². The van der Waals surface area contributed by atoms with Crippen molar-refractivity contribution in [3.8, 4) is 0 Å². The van der Waals surface area contributed by atoms with Gasteiger partial charge < -0.3 is 10.0 Å². The molecule has 0 aromatic rings. The fraction of sp³-hybridized carbons (Fsp3) is 1.00. The first-order valence-electron chi connectivity index (χ1n) is 7.34. The van der Waals surface area contributed by atoms with Crippen LogP contribution < -0.4 is 0 Å². The summed E-state index contributed by atoms with van der Waals surface area (Å²) in [5, 5.41) is 9.79. The molecule has 1 spiro atoms. The van der Waals surface area contributed by atoms with Gasteiger partial charge in [-0.1, -0.05) is 26.7 Å². The molecule has 2 aliphatic rings. The Bertz CT molecular complexity index is 244. The quantitative estimate of drug-likeness (QED) is 0.818. The van der Waals surface area contributed by atoms with E-state index in [-0.39, 0.29) is 11.5 Å². The molecule has 1 unspecified atom stereocenters. The maximum Gasteiger partial charge on any atom is 0.0575 e. The average molecular weight is 239 g/mol. The van der Waals surface area contributed by atoms with Crippen LogP contribution >= 0.6 is 0 Å². The van der Waals surface area contributed by atoms with Crippen molar-refractivity contribution >= 4 is 0 Å². The number of nitrogens with zero attached hydrogens (tertiary/aromatic N) is 1. The van der Waals surface area contributed by atoms with E-state index in [1.165, 1.54) is 51.6 Å². The molecule has 0 amide bonds. The summed E-state index contributed by atoms with van der Waals surface area (Å²) in [4.78, 5) is 2.57. The molecule has 0 aromatic carbocycles. The van der Waals surface area contributed by atoms with E-state index >= 15 is 0 Å². The van der Waals surface area contributed by atoms with Crippen molar-refractivity contribution in [2.24, 2.45) is 10.8 Å². The Balaban J connectivity index is 1.83. The van der Waals surface area contributed by atoms with Crippen LogP contribution in [0.4, 0.5) is 0 Å². The van der Waals surface area contributed by atoms with E-state index in [1.54, 1.807) is 0 Å². The molecule has 1 N–H and O–H groups in total. The summed E-state index contributed by atoms with van der Waals surface area (Å²) in [5.41, 5.74) is 0.742. The Morgan fingerprint density at radius 3 is 2.12 bits per heavy atom. The van der Waals surface area contributed by atoms with E-state index in [0.717, 1.165) is 6.54 Å². The summed E-state index contributed by atoms with van der Waals surface area (Å²) < 4.78 is 0. The number of aliphatic hydroxyl groups is 1. The number of hydrogen-bond donors (Lipinski definition) is 1. The van der Waals surface area contributed by atoms with Crippen LogP contribution in [0.5, 0.6) is 0 Å². The highest BCUT2D eigenvalue weighted by Crippen LogP contribution is 2.46. The maximum atomic E-state index is 9.79. The van der Waals surface area contributed by atoms with Gasteiger partial charge in [-0.25, -0.2) is 0 Å². The van der Waals surface area contributed by atoms with Gasteiger partial charge in [0.15, 0.2) is 0 Å².